The Labute approximate surface area is 174 Å². The molecule has 10 nitrogen and oxygen atoms in total. The van der Waals surface area contributed by atoms with Gasteiger partial charge in [0.1, 0.15) is 41.5 Å². The minimum absolute atomic E-state index is 0.0396. The van der Waals surface area contributed by atoms with E-state index in [1.807, 2.05) is 0 Å². The number of rotatable bonds is 3. The van der Waals surface area contributed by atoms with Crippen molar-refractivity contribution in [3.63, 3.8) is 0 Å². The molecule has 0 spiro atoms. The van der Waals surface area contributed by atoms with Gasteiger partial charge in [-0.25, -0.2) is 0 Å². The Balaban J connectivity index is 2.05. The number of benzene rings is 2. The van der Waals surface area contributed by atoms with Crippen molar-refractivity contribution in [1.29, 1.82) is 0 Å². The molecule has 7 N–H and O–H groups in total. The maximum Gasteiger partial charge on any atom is 0.256 e. The fraction of sp³-hybridized carbons (Fsp3) is 0.286. The van der Waals surface area contributed by atoms with E-state index in [1.165, 1.54) is 36.4 Å². The van der Waals surface area contributed by atoms with Crippen LogP contribution < -0.4 is 5.43 Å². The van der Waals surface area contributed by atoms with E-state index in [0.717, 1.165) is 6.07 Å². The fourth-order valence-electron chi connectivity index (χ4n) is 3.67. The van der Waals surface area contributed by atoms with Gasteiger partial charge in [-0.3, -0.25) is 4.79 Å². The van der Waals surface area contributed by atoms with Crippen LogP contribution in [0.4, 0.5) is 0 Å². The number of aliphatic hydroxyl groups excluding tert-OH is 4. The Morgan fingerprint density at radius 3 is 2.23 bits per heavy atom. The molecule has 31 heavy (non-hydrogen) atoms. The first-order valence-electron chi connectivity index (χ1n) is 9.32. The number of hydrogen-bond donors (Lipinski definition) is 7. The SMILES string of the molecule is O=c1c(-c2ccc(O)cc2)c(C2(O)O[C@H](CO)[C@@H](O)[C@H](O)[C@H]2O)oc2cc(O)ccc12. The summed E-state index contributed by atoms with van der Waals surface area (Å²) in [5, 5.41) is 70.9. The van der Waals surface area contributed by atoms with E-state index < -0.39 is 48.0 Å². The van der Waals surface area contributed by atoms with Gasteiger partial charge < -0.3 is 44.9 Å². The molecule has 1 aliphatic heterocycles. The average molecular weight is 432 g/mol. The first kappa shape index (κ1) is 21.2. The first-order valence-corrected chi connectivity index (χ1v) is 9.32. The first-order chi connectivity index (χ1) is 14.7. The molecule has 2 aromatic carbocycles. The van der Waals surface area contributed by atoms with Crippen LogP contribution in [-0.2, 0) is 10.5 Å². The molecule has 1 unspecified atom stereocenters. The summed E-state index contributed by atoms with van der Waals surface area (Å²) in [7, 11) is 0. The van der Waals surface area contributed by atoms with Crippen LogP contribution >= 0.6 is 0 Å². The highest BCUT2D eigenvalue weighted by atomic mass is 16.7. The summed E-state index contributed by atoms with van der Waals surface area (Å²) < 4.78 is 11.0. The third-order valence-corrected chi connectivity index (χ3v) is 5.32. The molecule has 164 valence electrons. The van der Waals surface area contributed by atoms with Crippen molar-refractivity contribution in [3.8, 4) is 22.6 Å². The largest absolute Gasteiger partial charge is 0.508 e. The van der Waals surface area contributed by atoms with Crippen LogP contribution in [0.3, 0.4) is 0 Å². The van der Waals surface area contributed by atoms with Gasteiger partial charge >= 0.3 is 0 Å². The number of hydrogen-bond acceptors (Lipinski definition) is 10. The standard InChI is InChI=1S/C21H20O10/c22-8-14-17(26)18(27)19(28)21(29,31-14)20-15(9-1-3-10(23)4-2-9)16(25)12-6-5-11(24)7-13(12)30-20/h1-7,14,17-19,22-24,26-29H,8H2/t14-,17-,18+,19-,21?/m1/s1. The van der Waals surface area contributed by atoms with Gasteiger partial charge in [0, 0.05) is 6.07 Å². The lowest BCUT2D eigenvalue weighted by molar-refractivity contribution is -0.363. The molecule has 0 bridgehead atoms. The third-order valence-electron chi connectivity index (χ3n) is 5.32. The van der Waals surface area contributed by atoms with Crippen molar-refractivity contribution >= 4 is 11.0 Å². The molecule has 0 amide bonds. The Kier molecular flexibility index (Phi) is 5.21. The van der Waals surface area contributed by atoms with Gasteiger partial charge in [-0.05, 0) is 29.8 Å². The predicted octanol–water partition coefficient (Wildman–Crippen LogP) is -0.510. The molecule has 5 atom stereocenters. The lowest BCUT2D eigenvalue weighted by atomic mass is 9.87. The summed E-state index contributed by atoms with van der Waals surface area (Å²) in [5.74, 6) is -3.79. The Bertz CT molecular complexity index is 1170. The number of aliphatic hydroxyl groups is 5. The average Bonchev–Trinajstić information content (AvgIpc) is 2.75. The van der Waals surface area contributed by atoms with Crippen molar-refractivity contribution in [2.24, 2.45) is 0 Å². The third kappa shape index (κ3) is 3.35. The molecular weight excluding hydrogens is 412 g/mol. The molecule has 1 fully saturated rings. The van der Waals surface area contributed by atoms with Gasteiger partial charge in [-0.2, -0.15) is 0 Å². The van der Waals surface area contributed by atoms with Gasteiger partial charge in [0.25, 0.3) is 5.79 Å². The van der Waals surface area contributed by atoms with E-state index in [4.69, 9.17) is 9.15 Å². The number of ether oxygens (including phenoxy) is 1. The number of fused-ring (bicyclic) bond motifs is 1. The second-order valence-corrected chi connectivity index (χ2v) is 7.32. The highest BCUT2D eigenvalue weighted by molar-refractivity contribution is 5.84. The van der Waals surface area contributed by atoms with Crippen LogP contribution in [0, 0.1) is 0 Å². The molecule has 1 aromatic heterocycles. The zero-order valence-corrected chi connectivity index (χ0v) is 15.9. The zero-order chi connectivity index (χ0) is 22.5. The van der Waals surface area contributed by atoms with Gasteiger partial charge in [0.05, 0.1) is 17.6 Å². The van der Waals surface area contributed by atoms with Gasteiger partial charge in [-0.15, -0.1) is 0 Å². The highest BCUT2D eigenvalue weighted by Gasteiger charge is 2.56. The summed E-state index contributed by atoms with van der Waals surface area (Å²) in [6.07, 6.45) is -7.36. The summed E-state index contributed by atoms with van der Waals surface area (Å²) in [4.78, 5) is 13.3. The highest BCUT2D eigenvalue weighted by Crippen LogP contribution is 2.41. The van der Waals surface area contributed by atoms with Gasteiger partial charge in [-0.1, -0.05) is 12.1 Å². The molecule has 0 radical (unpaired) electrons. The Morgan fingerprint density at radius 1 is 0.935 bits per heavy atom. The minimum atomic E-state index is -2.85. The van der Waals surface area contributed by atoms with Gasteiger partial charge in [0.15, 0.2) is 5.76 Å². The van der Waals surface area contributed by atoms with E-state index in [1.54, 1.807) is 0 Å². The number of aromatic hydroxyl groups is 2. The van der Waals surface area contributed by atoms with Crippen LogP contribution in [-0.4, -0.2) is 66.8 Å². The molecule has 1 saturated heterocycles. The smallest absolute Gasteiger partial charge is 0.256 e. The van der Waals surface area contributed by atoms with E-state index in [-0.39, 0.29) is 33.6 Å². The van der Waals surface area contributed by atoms with E-state index in [9.17, 15) is 40.5 Å². The predicted molar refractivity (Wildman–Crippen MR) is 105 cm³/mol. The molecule has 4 rings (SSSR count). The van der Waals surface area contributed by atoms with Crippen LogP contribution in [0.25, 0.3) is 22.1 Å². The quantitative estimate of drug-likeness (QED) is 0.285. The van der Waals surface area contributed by atoms with E-state index in [0.29, 0.717) is 0 Å². The van der Waals surface area contributed by atoms with Gasteiger partial charge in [0.2, 0.25) is 5.43 Å². The number of phenolic OH excluding ortho intramolecular Hbond substituents is 2. The maximum atomic E-state index is 13.3. The van der Waals surface area contributed by atoms with Crippen molar-refractivity contribution in [3.05, 3.63) is 58.4 Å². The fourth-order valence-corrected chi connectivity index (χ4v) is 3.67. The summed E-state index contributed by atoms with van der Waals surface area (Å²) in [6.45, 7) is -0.819. The normalized spacial score (nSPS) is 28.7. The Hall–Kier alpha value is -2.99. The lowest BCUT2D eigenvalue weighted by Crippen LogP contribution is -2.63. The molecular formula is C21H20O10. The molecule has 2 heterocycles. The van der Waals surface area contributed by atoms with Crippen molar-refractivity contribution in [2.75, 3.05) is 6.61 Å². The monoisotopic (exact) mass is 432 g/mol. The number of phenols is 2. The van der Waals surface area contributed by atoms with Crippen LogP contribution in [0.2, 0.25) is 0 Å². The van der Waals surface area contributed by atoms with Crippen LogP contribution in [0.15, 0.2) is 51.7 Å². The topological polar surface area (TPSA) is 181 Å². The summed E-state index contributed by atoms with van der Waals surface area (Å²) >= 11 is 0. The van der Waals surface area contributed by atoms with Crippen molar-refractivity contribution in [1.82, 2.24) is 0 Å². The van der Waals surface area contributed by atoms with Crippen molar-refractivity contribution < 1.29 is 44.9 Å². The van der Waals surface area contributed by atoms with E-state index in [2.05, 4.69) is 0 Å². The maximum absolute atomic E-state index is 13.3. The van der Waals surface area contributed by atoms with Crippen molar-refractivity contribution in [2.45, 2.75) is 30.2 Å². The second kappa shape index (κ2) is 7.61. The second-order valence-electron chi connectivity index (χ2n) is 7.32. The molecule has 10 heteroatoms. The lowest BCUT2D eigenvalue weighted by Gasteiger charge is -2.44. The Morgan fingerprint density at radius 2 is 1.58 bits per heavy atom. The van der Waals surface area contributed by atoms with E-state index >= 15 is 0 Å². The molecule has 0 aliphatic carbocycles. The van der Waals surface area contributed by atoms with Crippen LogP contribution in [0.1, 0.15) is 5.76 Å². The molecule has 1 aliphatic rings. The zero-order valence-electron chi connectivity index (χ0n) is 15.9. The molecule has 0 saturated carbocycles. The summed E-state index contributed by atoms with van der Waals surface area (Å²) in [6, 6.07) is 9.00. The van der Waals surface area contributed by atoms with Crippen LogP contribution in [0.5, 0.6) is 11.5 Å². The molecule has 3 aromatic rings. The minimum Gasteiger partial charge on any atom is -0.508 e. The summed E-state index contributed by atoms with van der Waals surface area (Å²) in [5.41, 5.74) is -0.873.